The van der Waals surface area contributed by atoms with Crippen LogP contribution in [0.1, 0.15) is 39.1 Å². The predicted molar refractivity (Wildman–Crippen MR) is 72.0 cm³/mol. The summed E-state index contributed by atoms with van der Waals surface area (Å²) in [6, 6.07) is 6.83. The van der Waals surface area contributed by atoms with Gasteiger partial charge in [0.05, 0.1) is 0 Å². The number of para-hydroxylation sites is 1. The number of carboxylic acid groups (broad SMARTS) is 1. The fourth-order valence-corrected chi connectivity index (χ4v) is 1.86. The molecule has 0 fully saturated rings. The number of nitrogens with one attached hydrogen (secondary N) is 1. The first-order valence-electron chi connectivity index (χ1n) is 6.12. The molecule has 0 bridgehead atoms. The van der Waals surface area contributed by atoms with Crippen LogP contribution in [0.2, 0.25) is 0 Å². The van der Waals surface area contributed by atoms with Crippen molar-refractivity contribution in [3.8, 4) is 0 Å². The van der Waals surface area contributed by atoms with Gasteiger partial charge in [-0.05, 0) is 24.5 Å². The lowest BCUT2D eigenvalue weighted by molar-refractivity contribution is 0.0651. The zero-order chi connectivity index (χ0) is 14.7. The van der Waals surface area contributed by atoms with Crippen molar-refractivity contribution in [2.24, 2.45) is 0 Å². The third-order valence-electron chi connectivity index (χ3n) is 2.93. The average molecular weight is 274 g/mol. The number of rotatable bonds is 4. The zero-order valence-corrected chi connectivity index (χ0v) is 11.1. The first-order valence-corrected chi connectivity index (χ1v) is 6.12. The van der Waals surface area contributed by atoms with Gasteiger partial charge >= 0.3 is 5.97 Å². The molecule has 0 spiro atoms. The van der Waals surface area contributed by atoms with Crippen LogP contribution in [0.25, 0.3) is 0 Å². The van der Waals surface area contributed by atoms with Crippen LogP contribution in [0.3, 0.4) is 0 Å². The number of amides is 1. The number of carbonyl (C=O) groups is 2. The molecule has 0 radical (unpaired) electrons. The van der Waals surface area contributed by atoms with Crippen LogP contribution in [-0.4, -0.2) is 22.1 Å². The highest BCUT2D eigenvalue weighted by atomic mass is 16.5. The molecule has 0 aliphatic rings. The molecule has 2 rings (SSSR count). The van der Waals surface area contributed by atoms with E-state index in [0.29, 0.717) is 0 Å². The number of benzene rings is 1. The minimum Gasteiger partial charge on any atom is -0.475 e. The van der Waals surface area contributed by atoms with Crippen molar-refractivity contribution in [2.75, 3.05) is 5.32 Å². The first-order chi connectivity index (χ1) is 9.52. The van der Waals surface area contributed by atoms with E-state index in [1.54, 1.807) is 0 Å². The molecule has 1 aromatic carbocycles. The van der Waals surface area contributed by atoms with Crippen molar-refractivity contribution in [3.05, 3.63) is 46.8 Å². The molecular formula is C14H14N2O4. The lowest BCUT2D eigenvalue weighted by atomic mass is 10.1. The quantitative estimate of drug-likeness (QED) is 0.893. The number of hydrogen-bond donors (Lipinski definition) is 2. The van der Waals surface area contributed by atoms with Crippen LogP contribution >= 0.6 is 0 Å². The van der Waals surface area contributed by atoms with Gasteiger partial charge in [-0.1, -0.05) is 30.3 Å². The monoisotopic (exact) mass is 274 g/mol. The van der Waals surface area contributed by atoms with Crippen molar-refractivity contribution in [1.29, 1.82) is 0 Å². The van der Waals surface area contributed by atoms with Gasteiger partial charge in [-0.15, -0.1) is 0 Å². The van der Waals surface area contributed by atoms with Gasteiger partial charge in [0.2, 0.25) is 5.76 Å². The molecule has 2 N–H and O–H groups in total. The summed E-state index contributed by atoms with van der Waals surface area (Å²) < 4.78 is 4.56. The Morgan fingerprint density at radius 1 is 1.40 bits per heavy atom. The van der Waals surface area contributed by atoms with Crippen molar-refractivity contribution in [2.45, 2.75) is 20.3 Å². The van der Waals surface area contributed by atoms with Crippen molar-refractivity contribution in [1.82, 2.24) is 5.16 Å². The summed E-state index contributed by atoms with van der Waals surface area (Å²) in [5.74, 6) is -2.12. The first kappa shape index (κ1) is 13.8. The van der Waals surface area contributed by atoms with E-state index in [9.17, 15) is 9.59 Å². The van der Waals surface area contributed by atoms with Crippen LogP contribution in [0.4, 0.5) is 5.69 Å². The molecule has 104 valence electrons. The van der Waals surface area contributed by atoms with E-state index in [1.165, 1.54) is 0 Å². The van der Waals surface area contributed by atoms with Gasteiger partial charge in [0, 0.05) is 11.8 Å². The van der Waals surface area contributed by atoms with Crippen LogP contribution in [0, 0.1) is 6.92 Å². The molecule has 0 aliphatic carbocycles. The maximum Gasteiger partial charge on any atom is 0.374 e. The van der Waals surface area contributed by atoms with E-state index >= 15 is 0 Å². The topological polar surface area (TPSA) is 92.4 Å². The lowest BCUT2D eigenvalue weighted by Gasteiger charge is -2.11. The van der Waals surface area contributed by atoms with Crippen molar-refractivity contribution < 1.29 is 19.2 Å². The molecule has 1 aromatic heterocycles. The molecular weight excluding hydrogens is 260 g/mol. The van der Waals surface area contributed by atoms with Gasteiger partial charge in [-0.25, -0.2) is 4.79 Å². The maximum absolute atomic E-state index is 12.0. The number of carboxylic acids is 1. The van der Waals surface area contributed by atoms with Crippen molar-refractivity contribution >= 4 is 17.6 Å². The summed E-state index contributed by atoms with van der Waals surface area (Å²) in [6.07, 6.45) is 0.774. The number of hydrogen-bond acceptors (Lipinski definition) is 4. The minimum atomic E-state index is -1.26. The van der Waals surface area contributed by atoms with Gasteiger partial charge in [0.15, 0.2) is 5.69 Å². The fraction of sp³-hybridized carbons (Fsp3) is 0.214. The Hall–Kier alpha value is -2.63. The summed E-state index contributed by atoms with van der Waals surface area (Å²) in [5, 5.41) is 14.9. The summed E-state index contributed by atoms with van der Waals surface area (Å²) in [7, 11) is 0. The summed E-state index contributed by atoms with van der Waals surface area (Å²) in [4.78, 5) is 22.7. The number of carbonyl (C=O) groups excluding carboxylic acids is 1. The highest BCUT2D eigenvalue weighted by Gasteiger charge is 2.18. The number of aromatic carboxylic acids is 1. The zero-order valence-electron chi connectivity index (χ0n) is 11.1. The predicted octanol–water partition coefficient (Wildman–Crippen LogP) is 2.50. The van der Waals surface area contributed by atoms with Gasteiger partial charge in [0.25, 0.3) is 5.91 Å². The molecule has 0 saturated heterocycles. The molecule has 20 heavy (non-hydrogen) atoms. The number of aryl methyl sites for hydroxylation is 2. The van der Waals surface area contributed by atoms with E-state index in [-0.39, 0.29) is 11.5 Å². The molecule has 0 unspecified atom stereocenters. The molecule has 6 nitrogen and oxygen atoms in total. The Morgan fingerprint density at radius 2 is 2.15 bits per heavy atom. The third kappa shape index (κ3) is 2.69. The third-order valence-corrected chi connectivity index (χ3v) is 2.93. The summed E-state index contributed by atoms with van der Waals surface area (Å²) >= 11 is 0. The van der Waals surface area contributed by atoms with E-state index in [1.807, 2.05) is 32.0 Å². The van der Waals surface area contributed by atoms with Crippen LogP contribution < -0.4 is 5.32 Å². The minimum absolute atomic E-state index is 0.0623. The van der Waals surface area contributed by atoms with E-state index in [0.717, 1.165) is 29.3 Å². The normalized spacial score (nSPS) is 10.3. The maximum atomic E-state index is 12.0. The van der Waals surface area contributed by atoms with Gasteiger partial charge in [-0.3, -0.25) is 4.79 Å². The molecule has 1 amide bonds. The molecule has 1 heterocycles. The Balaban J connectivity index is 2.25. The molecule has 0 atom stereocenters. The Bertz CT molecular complexity index is 661. The fourth-order valence-electron chi connectivity index (χ4n) is 1.86. The second-order valence-corrected chi connectivity index (χ2v) is 4.30. The molecule has 0 aliphatic heterocycles. The van der Waals surface area contributed by atoms with Gasteiger partial charge in [0.1, 0.15) is 0 Å². The van der Waals surface area contributed by atoms with E-state index in [4.69, 9.17) is 5.11 Å². The van der Waals surface area contributed by atoms with E-state index in [2.05, 4.69) is 15.0 Å². The molecule has 2 aromatic rings. The molecule has 0 saturated carbocycles. The van der Waals surface area contributed by atoms with E-state index < -0.39 is 11.9 Å². The number of aromatic nitrogens is 1. The largest absolute Gasteiger partial charge is 0.475 e. The second-order valence-electron chi connectivity index (χ2n) is 4.30. The second kappa shape index (κ2) is 5.56. The highest BCUT2D eigenvalue weighted by molar-refractivity contribution is 6.04. The van der Waals surface area contributed by atoms with Crippen LogP contribution in [0.15, 0.2) is 28.8 Å². The highest BCUT2D eigenvalue weighted by Crippen LogP contribution is 2.21. The van der Waals surface area contributed by atoms with Crippen LogP contribution in [-0.2, 0) is 6.42 Å². The number of nitrogens with zero attached hydrogens (tertiary/aromatic N) is 1. The smallest absolute Gasteiger partial charge is 0.374 e. The standard InChI is InChI=1S/C14H14N2O4/c1-3-9-6-4-5-8(2)12(9)15-13(17)10-7-11(14(18)19)20-16-10/h4-7H,3H2,1-2H3,(H,15,17)(H,18,19). The van der Waals surface area contributed by atoms with Gasteiger partial charge in [-0.2, -0.15) is 0 Å². The Kier molecular flexibility index (Phi) is 3.84. The Labute approximate surface area is 115 Å². The summed E-state index contributed by atoms with van der Waals surface area (Å²) in [5.41, 5.74) is 2.59. The lowest BCUT2D eigenvalue weighted by Crippen LogP contribution is -2.14. The van der Waals surface area contributed by atoms with Crippen molar-refractivity contribution in [3.63, 3.8) is 0 Å². The summed E-state index contributed by atoms with van der Waals surface area (Å²) in [6.45, 7) is 3.88. The average Bonchev–Trinajstić information content (AvgIpc) is 2.91. The Morgan fingerprint density at radius 3 is 2.75 bits per heavy atom. The van der Waals surface area contributed by atoms with Gasteiger partial charge < -0.3 is 14.9 Å². The SMILES string of the molecule is CCc1cccc(C)c1NC(=O)c1cc(C(=O)O)on1. The number of anilines is 1. The molecule has 6 heteroatoms. The van der Waals surface area contributed by atoms with Crippen LogP contribution in [0.5, 0.6) is 0 Å².